The van der Waals surface area contributed by atoms with Crippen LogP contribution in [-0.4, -0.2) is 20.2 Å². The molecule has 0 radical (unpaired) electrons. The fourth-order valence-corrected chi connectivity index (χ4v) is 3.46. The highest BCUT2D eigenvalue weighted by molar-refractivity contribution is 5.97. The van der Waals surface area contributed by atoms with Gasteiger partial charge in [-0.15, -0.1) is 0 Å². The second-order valence-corrected chi connectivity index (χ2v) is 6.96. The van der Waals surface area contributed by atoms with Crippen LogP contribution in [0.4, 0.5) is 30.5 Å². The fourth-order valence-electron chi connectivity index (χ4n) is 3.46. The molecule has 154 valence electrons. The van der Waals surface area contributed by atoms with Crippen molar-refractivity contribution in [3.63, 3.8) is 0 Å². The van der Waals surface area contributed by atoms with Crippen LogP contribution in [0.5, 0.6) is 0 Å². The molecule has 0 atom stereocenters. The summed E-state index contributed by atoms with van der Waals surface area (Å²) in [4.78, 5) is 8.83. The van der Waals surface area contributed by atoms with Gasteiger partial charge >= 0.3 is 6.18 Å². The number of hydrogen-bond acceptors (Lipinski definition) is 5. The van der Waals surface area contributed by atoms with Crippen molar-refractivity contribution in [3.8, 4) is 11.4 Å². The van der Waals surface area contributed by atoms with Crippen LogP contribution in [0.15, 0.2) is 66.7 Å². The summed E-state index contributed by atoms with van der Waals surface area (Å²) in [6, 6.07) is 17.6. The van der Waals surface area contributed by atoms with Crippen molar-refractivity contribution in [2.45, 2.75) is 6.18 Å². The number of rotatable bonds is 3. The maximum Gasteiger partial charge on any atom is 0.417 e. The largest absolute Gasteiger partial charge is 0.417 e. The van der Waals surface area contributed by atoms with Gasteiger partial charge in [0.25, 0.3) is 0 Å². The Bertz CT molecular complexity index is 1420. The van der Waals surface area contributed by atoms with E-state index in [1.165, 1.54) is 18.2 Å². The minimum atomic E-state index is -4.53. The molecule has 0 fully saturated rings. The Morgan fingerprint density at radius 1 is 0.839 bits per heavy atom. The van der Waals surface area contributed by atoms with Crippen LogP contribution in [0.25, 0.3) is 33.2 Å². The average molecular weight is 420 g/mol. The van der Waals surface area contributed by atoms with Gasteiger partial charge in [0, 0.05) is 22.0 Å². The summed E-state index contributed by atoms with van der Waals surface area (Å²) in [5.41, 5.74) is 6.82. The van der Waals surface area contributed by atoms with Crippen molar-refractivity contribution in [2.75, 3.05) is 11.1 Å². The summed E-state index contributed by atoms with van der Waals surface area (Å²) in [5, 5.41) is 11.7. The molecule has 3 aromatic carbocycles. The third-order valence-corrected chi connectivity index (χ3v) is 4.90. The first-order chi connectivity index (χ1) is 14.9. The molecule has 2 aromatic heterocycles. The van der Waals surface area contributed by atoms with E-state index in [0.717, 1.165) is 17.0 Å². The number of hydrogen-bond donors (Lipinski definition) is 3. The molecule has 0 saturated carbocycles. The number of aromatic amines is 1. The Kier molecular flexibility index (Phi) is 4.25. The lowest BCUT2D eigenvalue weighted by Gasteiger charge is -2.14. The van der Waals surface area contributed by atoms with E-state index in [2.05, 4.69) is 25.5 Å². The van der Waals surface area contributed by atoms with E-state index < -0.39 is 11.7 Å². The number of nitrogens with one attached hydrogen (secondary N) is 2. The molecular formula is C22H15F3N6. The average Bonchev–Trinajstić information content (AvgIpc) is 3.15. The predicted octanol–water partition coefficient (Wildman–Crippen LogP) is 5.52. The molecule has 31 heavy (non-hydrogen) atoms. The quantitative estimate of drug-likeness (QED) is 0.334. The van der Waals surface area contributed by atoms with E-state index in [-0.39, 0.29) is 11.4 Å². The second-order valence-electron chi connectivity index (χ2n) is 6.96. The van der Waals surface area contributed by atoms with E-state index in [1.54, 1.807) is 42.5 Å². The van der Waals surface area contributed by atoms with Crippen molar-refractivity contribution in [3.05, 3.63) is 72.3 Å². The number of anilines is 3. The third-order valence-electron chi connectivity index (χ3n) is 4.90. The van der Waals surface area contributed by atoms with E-state index in [1.807, 2.05) is 0 Å². The van der Waals surface area contributed by atoms with Gasteiger partial charge in [0.05, 0.1) is 16.6 Å². The molecule has 6 nitrogen and oxygen atoms in total. The molecule has 0 aliphatic heterocycles. The molecule has 0 aliphatic carbocycles. The van der Waals surface area contributed by atoms with Crippen LogP contribution in [0.1, 0.15) is 5.56 Å². The molecular weight excluding hydrogens is 405 g/mol. The van der Waals surface area contributed by atoms with E-state index >= 15 is 0 Å². The Labute approximate surface area is 173 Å². The molecule has 0 saturated heterocycles. The first kappa shape index (κ1) is 18.9. The topological polar surface area (TPSA) is 92.5 Å². The maximum atomic E-state index is 13.6. The van der Waals surface area contributed by atoms with Gasteiger partial charge in [0.1, 0.15) is 5.82 Å². The smallest absolute Gasteiger partial charge is 0.399 e. The number of benzene rings is 3. The zero-order valence-electron chi connectivity index (χ0n) is 15.9. The van der Waals surface area contributed by atoms with Gasteiger partial charge in [-0.25, -0.2) is 9.97 Å². The first-order valence-electron chi connectivity index (χ1n) is 9.34. The van der Waals surface area contributed by atoms with Crippen molar-refractivity contribution >= 4 is 39.1 Å². The molecule has 0 amide bonds. The van der Waals surface area contributed by atoms with Crippen molar-refractivity contribution < 1.29 is 13.2 Å². The minimum absolute atomic E-state index is 0.0338. The van der Waals surface area contributed by atoms with E-state index in [4.69, 9.17) is 5.73 Å². The van der Waals surface area contributed by atoms with Gasteiger partial charge < -0.3 is 11.1 Å². The molecule has 0 bridgehead atoms. The maximum absolute atomic E-state index is 13.6. The molecule has 9 heteroatoms. The number of aromatic nitrogens is 4. The Morgan fingerprint density at radius 3 is 2.45 bits per heavy atom. The number of H-pyrrole nitrogens is 1. The normalized spacial score (nSPS) is 11.8. The third kappa shape index (κ3) is 3.39. The van der Waals surface area contributed by atoms with Crippen LogP contribution >= 0.6 is 0 Å². The van der Waals surface area contributed by atoms with Gasteiger partial charge in [-0.2, -0.15) is 18.3 Å². The number of para-hydroxylation sites is 1. The van der Waals surface area contributed by atoms with Gasteiger partial charge in [0.15, 0.2) is 11.6 Å². The van der Waals surface area contributed by atoms with Crippen LogP contribution < -0.4 is 11.1 Å². The molecule has 4 N–H and O–H groups in total. The lowest BCUT2D eigenvalue weighted by molar-refractivity contribution is -0.137. The number of alkyl halides is 3. The number of nitrogens with two attached hydrogens (primary N) is 1. The summed E-state index contributed by atoms with van der Waals surface area (Å²) < 4.78 is 40.7. The van der Waals surface area contributed by atoms with Crippen molar-refractivity contribution in [2.24, 2.45) is 0 Å². The SMILES string of the molecule is Nc1ccc2[nH]nc(Nc3nc(-c4ccccc4C(F)(F)F)nc4ccccc34)c2c1. The lowest BCUT2D eigenvalue weighted by Crippen LogP contribution is -2.08. The molecule has 2 heterocycles. The monoisotopic (exact) mass is 420 g/mol. The Hall–Kier alpha value is -4.14. The molecule has 5 aromatic rings. The zero-order chi connectivity index (χ0) is 21.6. The highest BCUT2D eigenvalue weighted by Gasteiger charge is 2.34. The number of nitrogens with zero attached hydrogens (tertiary/aromatic N) is 3. The standard InChI is InChI=1S/C22H15F3N6/c23-22(24,25)16-7-3-1-5-13(16)19-27-17-8-4-2-6-14(17)20(28-19)29-21-15-11-12(26)9-10-18(15)30-31-21/h1-11H,26H2,(H2,27,28,29,30,31). The highest BCUT2D eigenvalue weighted by Crippen LogP contribution is 2.37. The minimum Gasteiger partial charge on any atom is -0.399 e. The zero-order valence-corrected chi connectivity index (χ0v) is 15.9. The fraction of sp³-hybridized carbons (Fsp3) is 0.0455. The molecule has 0 spiro atoms. The van der Waals surface area contributed by atoms with E-state index in [0.29, 0.717) is 28.2 Å². The summed E-state index contributed by atoms with van der Waals surface area (Å²) in [6.45, 7) is 0. The summed E-state index contributed by atoms with van der Waals surface area (Å²) in [7, 11) is 0. The van der Waals surface area contributed by atoms with Crippen LogP contribution in [0.2, 0.25) is 0 Å². The predicted molar refractivity (Wildman–Crippen MR) is 114 cm³/mol. The lowest BCUT2D eigenvalue weighted by atomic mass is 10.1. The van der Waals surface area contributed by atoms with Crippen molar-refractivity contribution in [1.29, 1.82) is 0 Å². The Morgan fingerprint density at radius 2 is 1.61 bits per heavy atom. The molecule has 0 unspecified atom stereocenters. The van der Waals surface area contributed by atoms with Gasteiger partial charge in [-0.3, -0.25) is 5.10 Å². The van der Waals surface area contributed by atoms with Crippen LogP contribution in [-0.2, 0) is 6.18 Å². The van der Waals surface area contributed by atoms with E-state index in [9.17, 15) is 13.2 Å². The van der Waals surface area contributed by atoms with Crippen LogP contribution in [0, 0.1) is 0 Å². The second kappa shape index (κ2) is 6.98. The highest BCUT2D eigenvalue weighted by atomic mass is 19.4. The van der Waals surface area contributed by atoms with Crippen molar-refractivity contribution in [1.82, 2.24) is 20.2 Å². The summed E-state index contributed by atoms with van der Waals surface area (Å²) in [6.07, 6.45) is -4.53. The van der Waals surface area contributed by atoms with Gasteiger partial charge in [-0.1, -0.05) is 30.3 Å². The molecule has 5 rings (SSSR count). The Balaban J connectivity index is 1.70. The number of nitrogen functional groups attached to an aromatic ring is 1. The first-order valence-corrected chi connectivity index (χ1v) is 9.34. The van der Waals surface area contributed by atoms with Crippen LogP contribution in [0.3, 0.4) is 0 Å². The number of fused-ring (bicyclic) bond motifs is 2. The summed E-state index contributed by atoms with van der Waals surface area (Å²) >= 11 is 0. The number of halogens is 3. The summed E-state index contributed by atoms with van der Waals surface area (Å²) in [5.74, 6) is 0.767. The van der Waals surface area contributed by atoms with Gasteiger partial charge in [-0.05, 0) is 36.4 Å². The van der Waals surface area contributed by atoms with Gasteiger partial charge in [0.2, 0.25) is 0 Å². The molecule has 0 aliphatic rings.